The molecule has 0 fully saturated rings. The van der Waals surface area contributed by atoms with Crippen LogP contribution < -0.4 is 0 Å². The third-order valence-corrected chi connectivity index (χ3v) is 2.51. The molecule has 0 atom stereocenters. The van der Waals surface area contributed by atoms with E-state index in [2.05, 4.69) is 36.6 Å². The molecule has 78 valence electrons. The molecule has 0 radical (unpaired) electrons. The predicted molar refractivity (Wildman–Crippen MR) is 69.3 cm³/mol. The first-order valence-corrected chi connectivity index (χ1v) is 6.18. The van der Waals surface area contributed by atoms with Gasteiger partial charge in [-0.2, -0.15) is 0 Å². The van der Waals surface area contributed by atoms with Gasteiger partial charge in [0.2, 0.25) is 0 Å². The molecule has 0 nitrogen and oxygen atoms in total. The Morgan fingerprint density at radius 1 is 0.929 bits per heavy atom. The van der Waals surface area contributed by atoms with Crippen molar-refractivity contribution in [1.29, 1.82) is 0 Å². The largest absolute Gasteiger partial charge is 0.144 e. The van der Waals surface area contributed by atoms with Gasteiger partial charge in [0.05, 0.1) is 0 Å². The van der Waals surface area contributed by atoms with Crippen molar-refractivity contribution >= 4 is 21.4 Å². The van der Waals surface area contributed by atoms with E-state index in [-0.39, 0.29) is 0 Å². The number of hydrogen-bond acceptors (Lipinski definition) is 1. The molecule has 0 saturated carbocycles. The normalized spacial score (nSPS) is 8.36. The number of thiophene rings is 1. The minimum atomic E-state index is 1.34. The maximum Gasteiger partial charge on any atom is 0.0342 e. The van der Waals surface area contributed by atoms with Crippen LogP contribution in [0, 0.1) is 6.92 Å². The first-order chi connectivity index (χ1) is 6.86. The van der Waals surface area contributed by atoms with Crippen LogP contribution in [0.2, 0.25) is 0 Å². The van der Waals surface area contributed by atoms with Gasteiger partial charge in [-0.3, -0.25) is 0 Å². The summed E-state index contributed by atoms with van der Waals surface area (Å²) in [5.74, 6) is 0. The minimum Gasteiger partial charge on any atom is -0.144 e. The molecule has 2 aromatic rings. The first kappa shape index (κ1) is 13.2. The van der Waals surface area contributed by atoms with Crippen LogP contribution in [0.5, 0.6) is 0 Å². The number of aryl methyl sites for hydroxylation is 1. The number of hydrogen-bond donors (Lipinski definition) is 0. The second kappa shape index (κ2) is 7.57. The molecule has 0 spiro atoms. The molecule has 14 heavy (non-hydrogen) atoms. The lowest BCUT2D eigenvalue weighted by Gasteiger charge is -1.89. The summed E-state index contributed by atoms with van der Waals surface area (Å²) < 4.78 is 1.38. The van der Waals surface area contributed by atoms with Crippen molar-refractivity contribution in [1.82, 2.24) is 0 Å². The third-order valence-electron chi connectivity index (χ3n) is 1.61. The molecule has 0 N–H and O–H groups in total. The molecule has 0 amide bonds. The lowest BCUT2D eigenvalue weighted by atomic mass is 10.2. The van der Waals surface area contributed by atoms with Gasteiger partial charge in [0.25, 0.3) is 0 Å². The quantitative estimate of drug-likeness (QED) is 0.554. The van der Waals surface area contributed by atoms with E-state index in [1.54, 1.807) is 11.3 Å². The molecule has 0 saturated heterocycles. The van der Waals surface area contributed by atoms with Crippen molar-refractivity contribution in [3.05, 3.63) is 35.2 Å². The molecule has 1 aromatic carbocycles. The second-order valence-corrected chi connectivity index (χ2v) is 3.41. The Hall–Kier alpha value is -0.820. The average molecular weight is 208 g/mol. The van der Waals surface area contributed by atoms with E-state index in [4.69, 9.17) is 0 Å². The van der Waals surface area contributed by atoms with Crippen molar-refractivity contribution in [2.75, 3.05) is 0 Å². The van der Waals surface area contributed by atoms with Crippen molar-refractivity contribution in [2.45, 2.75) is 34.6 Å². The monoisotopic (exact) mass is 208 g/mol. The zero-order chi connectivity index (χ0) is 11.0. The number of fused-ring (bicyclic) bond motifs is 1. The van der Waals surface area contributed by atoms with Crippen molar-refractivity contribution in [2.24, 2.45) is 0 Å². The molecule has 1 aromatic heterocycles. The fourth-order valence-corrected chi connectivity index (χ4v) is 1.86. The number of benzene rings is 1. The maximum atomic E-state index is 2.21. The van der Waals surface area contributed by atoms with Gasteiger partial charge in [-0.25, -0.2) is 0 Å². The number of rotatable bonds is 0. The van der Waals surface area contributed by atoms with E-state index in [0.29, 0.717) is 0 Å². The SMILES string of the molecule is CC.CC.Cc1ccc2sccc2c1. The average Bonchev–Trinajstić information content (AvgIpc) is 2.71. The summed E-state index contributed by atoms with van der Waals surface area (Å²) >= 11 is 1.80. The van der Waals surface area contributed by atoms with E-state index in [9.17, 15) is 0 Å². The van der Waals surface area contributed by atoms with Crippen LogP contribution in [-0.4, -0.2) is 0 Å². The summed E-state index contributed by atoms with van der Waals surface area (Å²) in [6.07, 6.45) is 0. The Balaban J connectivity index is 0.000000379. The summed E-state index contributed by atoms with van der Waals surface area (Å²) in [5, 5.41) is 3.49. The van der Waals surface area contributed by atoms with Crippen LogP contribution >= 0.6 is 11.3 Å². The Labute approximate surface area is 91.6 Å². The third kappa shape index (κ3) is 3.51. The molecule has 1 heterocycles. The van der Waals surface area contributed by atoms with Crippen LogP contribution in [0.1, 0.15) is 33.3 Å². The summed E-state index contributed by atoms with van der Waals surface area (Å²) in [4.78, 5) is 0. The van der Waals surface area contributed by atoms with Crippen LogP contribution in [0.15, 0.2) is 29.6 Å². The van der Waals surface area contributed by atoms with Crippen molar-refractivity contribution in [3.63, 3.8) is 0 Å². The minimum absolute atomic E-state index is 1.34. The maximum absolute atomic E-state index is 2.21. The molecule has 0 aliphatic heterocycles. The van der Waals surface area contributed by atoms with Gasteiger partial charge >= 0.3 is 0 Å². The molecule has 0 bridgehead atoms. The summed E-state index contributed by atoms with van der Waals surface area (Å²) in [6, 6.07) is 8.70. The fraction of sp³-hybridized carbons (Fsp3) is 0.385. The Morgan fingerprint density at radius 2 is 1.57 bits per heavy atom. The highest BCUT2D eigenvalue weighted by Gasteiger charge is 1.91. The van der Waals surface area contributed by atoms with E-state index in [1.807, 2.05) is 27.7 Å². The van der Waals surface area contributed by atoms with Crippen molar-refractivity contribution < 1.29 is 0 Å². The summed E-state index contributed by atoms with van der Waals surface area (Å²) in [7, 11) is 0. The van der Waals surface area contributed by atoms with Gasteiger partial charge < -0.3 is 0 Å². The highest BCUT2D eigenvalue weighted by atomic mass is 32.1. The highest BCUT2D eigenvalue weighted by molar-refractivity contribution is 7.17. The van der Waals surface area contributed by atoms with Gasteiger partial charge in [0.1, 0.15) is 0 Å². The second-order valence-electron chi connectivity index (χ2n) is 2.46. The molecule has 0 aliphatic rings. The summed E-state index contributed by atoms with van der Waals surface area (Å²) in [6.45, 7) is 10.1. The first-order valence-electron chi connectivity index (χ1n) is 5.30. The lowest BCUT2D eigenvalue weighted by Crippen LogP contribution is -1.67. The molecule has 2 rings (SSSR count). The molecule has 1 heteroatoms. The standard InChI is InChI=1S/C9H8S.2C2H6/c1-7-2-3-9-8(6-7)4-5-10-9;2*1-2/h2-6H,1H3;2*1-2H3. The van der Waals surface area contributed by atoms with Crippen LogP contribution in [0.4, 0.5) is 0 Å². The zero-order valence-corrected chi connectivity index (χ0v) is 10.6. The Morgan fingerprint density at radius 3 is 2.21 bits per heavy atom. The zero-order valence-electron chi connectivity index (χ0n) is 9.79. The summed E-state index contributed by atoms with van der Waals surface area (Å²) in [5.41, 5.74) is 1.34. The van der Waals surface area contributed by atoms with Gasteiger partial charge in [-0.05, 0) is 29.8 Å². The van der Waals surface area contributed by atoms with Crippen LogP contribution in [0.3, 0.4) is 0 Å². The lowest BCUT2D eigenvalue weighted by molar-refractivity contribution is 1.50. The Kier molecular flexibility index (Phi) is 7.13. The topological polar surface area (TPSA) is 0 Å². The van der Waals surface area contributed by atoms with Gasteiger partial charge in [-0.15, -0.1) is 11.3 Å². The van der Waals surface area contributed by atoms with E-state index >= 15 is 0 Å². The molecule has 0 unspecified atom stereocenters. The van der Waals surface area contributed by atoms with Gasteiger partial charge in [-0.1, -0.05) is 45.4 Å². The van der Waals surface area contributed by atoms with E-state index in [0.717, 1.165) is 0 Å². The van der Waals surface area contributed by atoms with Crippen LogP contribution in [-0.2, 0) is 0 Å². The Bertz CT molecular complexity index is 347. The molecular formula is C13H20S. The van der Waals surface area contributed by atoms with Crippen molar-refractivity contribution in [3.8, 4) is 0 Å². The smallest absolute Gasteiger partial charge is 0.0342 e. The molecule has 0 aliphatic carbocycles. The highest BCUT2D eigenvalue weighted by Crippen LogP contribution is 2.20. The van der Waals surface area contributed by atoms with Gasteiger partial charge in [0.15, 0.2) is 0 Å². The van der Waals surface area contributed by atoms with E-state index in [1.165, 1.54) is 15.6 Å². The molecular weight excluding hydrogens is 188 g/mol. The van der Waals surface area contributed by atoms with Crippen LogP contribution in [0.25, 0.3) is 10.1 Å². The predicted octanol–water partition coefficient (Wildman–Crippen LogP) is 5.26. The van der Waals surface area contributed by atoms with Gasteiger partial charge in [0, 0.05) is 4.70 Å². The fourth-order valence-electron chi connectivity index (χ4n) is 1.09. The van der Waals surface area contributed by atoms with E-state index < -0.39 is 0 Å².